The second-order valence-electron chi connectivity index (χ2n) is 12.9. The fourth-order valence-electron chi connectivity index (χ4n) is 5.72. The number of hydrogen-bond acceptors (Lipinski definition) is 8. The summed E-state index contributed by atoms with van der Waals surface area (Å²) in [7, 11) is -0.0877. The average molecular weight is 615 g/mol. The summed E-state index contributed by atoms with van der Waals surface area (Å²) in [5.74, 6) is 5.94. The van der Waals surface area contributed by atoms with Crippen molar-refractivity contribution in [2.45, 2.75) is 95.2 Å². The molecule has 1 amide bonds. The number of nitrogens with zero attached hydrogens (tertiary/aromatic N) is 4. The van der Waals surface area contributed by atoms with Crippen LogP contribution in [-0.2, 0) is 14.6 Å². The first-order chi connectivity index (χ1) is 19.7. The van der Waals surface area contributed by atoms with E-state index < -0.39 is 21.1 Å². The minimum atomic E-state index is -3.66. The van der Waals surface area contributed by atoms with Gasteiger partial charge in [-0.15, -0.1) is 11.3 Å². The summed E-state index contributed by atoms with van der Waals surface area (Å²) in [6, 6.07) is 1.44. The Morgan fingerprint density at radius 1 is 1.00 bits per heavy atom. The van der Waals surface area contributed by atoms with E-state index in [4.69, 9.17) is 0 Å². The molecule has 0 radical (unpaired) electrons. The molecule has 2 fully saturated rings. The number of hydrogen-bond donors (Lipinski definition) is 1. The maximum Gasteiger partial charge on any atom is 0.348 e. The molecule has 0 atom stereocenters. The van der Waals surface area contributed by atoms with Crippen LogP contribution < -0.4 is 9.80 Å². The van der Waals surface area contributed by atoms with E-state index in [0.717, 1.165) is 37.0 Å². The smallest absolute Gasteiger partial charge is 0.348 e. The summed E-state index contributed by atoms with van der Waals surface area (Å²) in [4.78, 5) is 39.1. The van der Waals surface area contributed by atoms with E-state index in [0.29, 0.717) is 48.1 Å². The van der Waals surface area contributed by atoms with Crippen molar-refractivity contribution in [2.75, 3.05) is 23.9 Å². The lowest BCUT2D eigenvalue weighted by Gasteiger charge is -2.39. The fraction of sp³-hybridized carbons (Fsp3) is 0.613. The van der Waals surface area contributed by atoms with Crippen molar-refractivity contribution in [2.24, 2.45) is 17.3 Å². The first kappa shape index (κ1) is 32.0. The van der Waals surface area contributed by atoms with Crippen LogP contribution in [0.25, 0.3) is 0 Å². The quantitative estimate of drug-likeness (QED) is 0.398. The lowest BCUT2D eigenvalue weighted by molar-refractivity contribution is -0.124. The zero-order valence-electron chi connectivity index (χ0n) is 25.4. The summed E-state index contributed by atoms with van der Waals surface area (Å²) in [6.45, 7) is 8.16. The van der Waals surface area contributed by atoms with E-state index in [1.807, 2.05) is 20.8 Å². The molecule has 0 bridgehead atoms. The average Bonchev–Trinajstić information content (AvgIpc) is 3.36. The van der Waals surface area contributed by atoms with E-state index in [9.17, 15) is 23.1 Å². The zero-order valence-corrected chi connectivity index (χ0v) is 27.0. The first-order valence-electron chi connectivity index (χ1n) is 14.6. The van der Waals surface area contributed by atoms with Gasteiger partial charge in [-0.25, -0.2) is 23.2 Å². The van der Waals surface area contributed by atoms with Crippen molar-refractivity contribution < 1.29 is 23.1 Å². The number of carboxylic acid groups (broad SMARTS) is 1. The molecular weight excluding hydrogens is 572 g/mol. The van der Waals surface area contributed by atoms with Gasteiger partial charge in [0, 0.05) is 31.5 Å². The van der Waals surface area contributed by atoms with Crippen molar-refractivity contribution in [1.82, 2.24) is 9.97 Å². The minimum Gasteiger partial charge on any atom is -0.477 e. The third kappa shape index (κ3) is 7.32. The number of thiophene rings is 1. The Hall–Kier alpha value is -2.97. The van der Waals surface area contributed by atoms with Crippen molar-refractivity contribution in [3.05, 3.63) is 28.2 Å². The van der Waals surface area contributed by atoms with Crippen LogP contribution in [0.3, 0.4) is 0 Å². The van der Waals surface area contributed by atoms with Gasteiger partial charge in [0.2, 0.25) is 11.9 Å². The van der Waals surface area contributed by atoms with Crippen LogP contribution in [0.5, 0.6) is 0 Å². The highest BCUT2D eigenvalue weighted by molar-refractivity contribution is 7.92. The molecule has 2 saturated carbocycles. The van der Waals surface area contributed by atoms with Crippen LogP contribution in [-0.4, -0.2) is 60.8 Å². The van der Waals surface area contributed by atoms with Gasteiger partial charge in [0.25, 0.3) is 0 Å². The SMILES string of the molecule is CC1CCC(C(=O)N(c2cc(C#CC(C)(C)C)sc2C(=O)O)C2CCC(S(=O)(=O)c3cnc(N(C)C)nc3)CC2)CC1. The number of rotatable bonds is 7. The van der Waals surface area contributed by atoms with E-state index in [1.54, 1.807) is 30.0 Å². The Bertz CT molecular complexity index is 1450. The summed E-state index contributed by atoms with van der Waals surface area (Å²) in [5.41, 5.74) is 0.122. The highest BCUT2D eigenvalue weighted by Gasteiger charge is 2.40. The number of amides is 1. The van der Waals surface area contributed by atoms with Gasteiger partial charge in [0.15, 0.2) is 9.84 Å². The van der Waals surface area contributed by atoms with Crippen molar-refractivity contribution >= 4 is 44.7 Å². The molecule has 2 aromatic rings. The van der Waals surface area contributed by atoms with Gasteiger partial charge in [-0.2, -0.15) is 0 Å². The molecule has 42 heavy (non-hydrogen) atoms. The largest absolute Gasteiger partial charge is 0.477 e. The molecule has 2 aliphatic carbocycles. The number of carbonyl (C=O) groups is 2. The molecule has 2 aliphatic rings. The number of carboxylic acids is 1. The van der Waals surface area contributed by atoms with E-state index in [1.165, 1.54) is 12.4 Å². The molecule has 0 saturated heterocycles. The number of anilines is 2. The number of aromatic nitrogens is 2. The molecule has 0 unspecified atom stereocenters. The standard InChI is InChI=1S/C31H42N4O5S2/c1-20-7-9-21(10-8-20)28(36)35(26-17-23(15-16-31(2,3)4)41-27(26)29(37)38)22-11-13-24(14-12-22)42(39,40)25-18-32-30(33-19-25)34(5)6/h17-22,24H,7-14H2,1-6H3,(H,37,38). The highest BCUT2D eigenvalue weighted by Crippen LogP contribution is 2.40. The van der Waals surface area contributed by atoms with Crippen LogP contribution in [0, 0.1) is 29.1 Å². The first-order valence-corrected chi connectivity index (χ1v) is 17.0. The molecule has 9 nitrogen and oxygen atoms in total. The van der Waals surface area contributed by atoms with Gasteiger partial charge < -0.3 is 14.9 Å². The lowest BCUT2D eigenvalue weighted by atomic mass is 9.81. The molecule has 2 heterocycles. The second-order valence-corrected chi connectivity index (χ2v) is 16.2. The maximum absolute atomic E-state index is 14.2. The summed E-state index contributed by atoms with van der Waals surface area (Å²) >= 11 is 1.09. The molecule has 0 aromatic carbocycles. The van der Waals surface area contributed by atoms with Crippen molar-refractivity contribution in [3.63, 3.8) is 0 Å². The Morgan fingerprint density at radius 3 is 2.12 bits per heavy atom. The predicted molar refractivity (Wildman–Crippen MR) is 166 cm³/mol. The Kier molecular flexibility index (Phi) is 9.68. The monoisotopic (exact) mass is 614 g/mol. The number of aromatic carboxylic acids is 1. The van der Waals surface area contributed by atoms with E-state index >= 15 is 0 Å². The van der Waals surface area contributed by atoms with Gasteiger partial charge in [0.05, 0.1) is 28.2 Å². The summed E-state index contributed by atoms with van der Waals surface area (Å²) in [5, 5.41) is 9.52. The van der Waals surface area contributed by atoms with Crippen LogP contribution in [0.4, 0.5) is 11.6 Å². The topological polar surface area (TPSA) is 121 Å². The zero-order chi connectivity index (χ0) is 30.8. The van der Waals surface area contributed by atoms with Gasteiger partial charge in [-0.3, -0.25) is 4.79 Å². The second kappa shape index (κ2) is 12.7. The Balaban J connectivity index is 1.63. The van der Waals surface area contributed by atoms with Gasteiger partial charge in [-0.1, -0.05) is 18.8 Å². The Morgan fingerprint density at radius 2 is 1.60 bits per heavy atom. The molecule has 1 N–H and O–H groups in total. The molecular formula is C31H42N4O5S2. The van der Waals surface area contributed by atoms with Gasteiger partial charge in [-0.05, 0) is 84.1 Å². The number of sulfone groups is 1. The summed E-state index contributed by atoms with van der Waals surface area (Å²) < 4.78 is 26.9. The Labute approximate surface area is 253 Å². The van der Waals surface area contributed by atoms with Crippen LogP contribution >= 0.6 is 11.3 Å². The molecule has 11 heteroatoms. The predicted octanol–water partition coefficient (Wildman–Crippen LogP) is 5.64. The molecule has 228 valence electrons. The van der Waals surface area contributed by atoms with Crippen LogP contribution in [0.15, 0.2) is 23.4 Å². The van der Waals surface area contributed by atoms with Gasteiger partial charge >= 0.3 is 5.97 Å². The normalized spacial score (nSPS) is 23.0. The molecule has 0 spiro atoms. The van der Waals surface area contributed by atoms with Crippen molar-refractivity contribution in [1.29, 1.82) is 0 Å². The lowest BCUT2D eigenvalue weighted by Crippen LogP contribution is -2.47. The fourth-order valence-corrected chi connectivity index (χ4v) is 8.24. The van der Waals surface area contributed by atoms with Gasteiger partial charge in [0.1, 0.15) is 9.77 Å². The van der Waals surface area contributed by atoms with Crippen LogP contribution in [0.1, 0.15) is 93.6 Å². The third-order valence-electron chi connectivity index (χ3n) is 8.12. The minimum absolute atomic E-state index is 0.0588. The third-order valence-corrected chi connectivity index (χ3v) is 11.4. The van der Waals surface area contributed by atoms with Crippen molar-refractivity contribution in [3.8, 4) is 11.8 Å². The van der Waals surface area contributed by atoms with Crippen LogP contribution in [0.2, 0.25) is 0 Å². The number of carbonyl (C=O) groups excluding carboxylic acids is 1. The van der Waals surface area contributed by atoms with E-state index in [2.05, 4.69) is 28.7 Å². The molecule has 4 rings (SSSR count). The maximum atomic E-state index is 14.2. The highest BCUT2D eigenvalue weighted by atomic mass is 32.2. The van der Waals surface area contributed by atoms with E-state index in [-0.39, 0.29) is 33.1 Å². The molecule has 0 aliphatic heterocycles. The molecule has 2 aromatic heterocycles. The summed E-state index contributed by atoms with van der Waals surface area (Å²) in [6.07, 6.45) is 7.79.